The number of aryl methyl sites for hydroxylation is 1. The maximum absolute atomic E-state index is 11.0. The van der Waals surface area contributed by atoms with Crippen molar-refractivity contribution in [3.63, 3.8) is 0 Å². The fourth-order valence-corrected chi connectivity index (χ4v) is 2.00. The molecule has 1 aromatic heterocycles. The smallest absolute Gasteiger partial charge is 0.132 e. The number of rotatable bonds is 6. The van der Waals surface area contributed by atoms with Gasteiger partial charge < -0.3 is 0 Å². The molecule has 72 valence electrons. The molecule has 0 aromatic carbocycles. The van der Waals surface area contributed by atoms with Crippen LogP contribution in [0.15, 0.2) is 17.5 Å². The first-order chi connectivity index (χ1) is 6.33. The minimum absolute atomic E-state index is 0.395. The third-order valence-electron chi connectivity index (χ3n) is 2.10. The van der Waals surface area contributed by atoms with Crippen LogP contribution in [0.25, 0.3) is 0 Å². The third-order valence-corrected chi connectivity index (χ3v) is 3.04. The first-order valence-corrected chi connectivity index (χ1v) is 5.75. The highest BCUT2D eigenvalue weighted by Gasteiger charge is 1.98. The number of hydrogen-bond acceptors (Lipinski definition) is 2. The molecule has 0 bridgehead atoms. The predicted octanol–water partition coefficient (Wildman–Crippen LogP) is 3.44. The summed E-state index contributed by atoms with van der Waals surface area (Å²) in [5.41, 5.74) is 0. The lowest BCUT2D eigenvalue weighted by molar-refractivity contribution is -0.118. The van der Waals surface area contributed by atoms with Crippen LogP contribution < -0.4 is 0 Å². The molecule has 0 spiro atoms. The van der Waals surface area contributed by atoms with Crippen molar-refractivity contribution >= 4 is 17.1 Å². The minimum atomic E-state index is 0.395. The summed E-state index contributed by atoms with van der Waals surface area (Å²) in [7, 11) is 0. The second-order valence-electron chi connectivity index (χ2n) is 3.18. The molecule has 13 heavy (non-hydrogen) atoms. The summed E-state index contributed by atoms with van der Waals surface area (Å²) in [5.74, 6) is 0.395. The number of thiophene rings is 1. The molecule has 0 aliphatic carbocycles. The lowest BCUT2D eigenvalue weighted by Crippen LogP contribution is -1.94. The SMILES string of the molecule is CCC(=O)CCCCc1cccs1. The summed E-state index contributed by atoms with van der Waals surface area (Å²) in [4.78, 5) is 12.4. The van der Waals surface area contributed by atoms with Gasteiger partial charge in [0.1, 0.15) is 5.78 Å². The monoisotopic (exact) mass is 196 g/mol. The number of Topliss-reactive ketones (excluding diaryl/α,β-unsaturated/α-hetero) is 1. The van der Waals surface area contributed by atoms with Crippen molar-refractivity contribution in [1.82, 2.24) is 0 Å². The highest BCUT2D eigenvalue weighted by atomic mass is 32.1. The van der Waals surface area contributed by atoms with Crippen LogP contribution in [0.2, 0.25) is 0 Å². The molecule has 0 saturated carbocycles. The van der Waals surface area contributed by atoms with Crippen molar-refractivity contribution in [3.8, 4) is 0 Å². The van der Waals surface area contributed by atoms with E-state index in [1.54, 1.807) is 11.3 Å². The Balaban J connectivity index is 2.05. The number of hydrogen-bond donors (Lipinski definition) is 0. The first kappa shape index (κ1) is 10.5. The van der Waals surface area contributed by atoms with Crippen LogP contribution in [0.4, 0.5) is 0 Å². The van der Waals surface area contributed by atoms with Gasteiger partial charge in [-0.05, 0) is 30.7 Å². The van der Waals surface area contributed by atoms with Crippen LogP contribution in [0.1, 0.15) is 37.5 Å². The Bertz CT molecular complexity index is 239. The molecule has 0 unspecified atom stereocenters. The van der Waals surface area contributed by atoms with Gasteiger partial charge in [0.05, 0.1) is 0 Å². The molecule has 0 aliphatic heterocycles. The molecule has 1 heterocycles. The van der Waals surface area contributed by atoms with Gasteiger partial charge in [0.2, 0.25) is 0 Å². The maximum Gasteiger partial charge on any atom is 0.132 e. The average molecular weight is 196 g/mol. The van der Waals surface area contributed by atoms with E-state index in [0.29, 0.717) is 12.2 Å². The Morgan fingerprint density at radius 1 is 1.46 bits per heavy atom. The third kappa shape index (κ3) is 4.23. The summed E-state index contributed by atoms with van der Waals surface area (Å²) in [6.45, 7) is 1.93. The summed E-state index contributed by atoms with van der Waals surface area (Å²) in [6.07, 6.45) is 4.78. The van der Waals surface area contributed by atoms with Gasteiger partial charge in [-0.25, -0.2) is 0 Å². The van der Waals surface area contributed by atoms with Crippen molar-refractivity contribution in [3.05, 3.63) is 22.4 Å². The molecule has 1 aromatic rings. The van der Waals surface area contributed by atoms with Crippen LogP contribution in [0.5, 0.6) is 0 Å². The summed E-state index contributed by atoms with van der Waals surface area (Å²) in [5, 5.41) is 2.10. The normalized spacial score (nSPS) is 10.2. The van der Waals surface area contributed by atoms with Gasteiger partial charge in [-0.15, -0.1) is 11.3 Å². The summed E-state index contributed by atoms with van der Waals surface area (Å²) in [6, 6.07) is 4.24. The van der Waals surface area contributed by atoms with E-state index in [0.717, 1.165) is 25.7 Å². The van der Waals surface area contributed by atoms with Gasteiger partial charge >= 0.3 is 0 Å². The second kappa shape index (κ2) is 5.92. The zero-order valence-corrected chi connectivity index (χ0v) is 8.90. The molecule has 0 fully saturated rings. The van der Waals surface area contributed by atoms with Crippen molar-refractivity contribution < 1.29 is 4.79 Å². The molecule has 0 saturated heterocycles. The van der Waals surface area contributed by atoms with Crippen molar-refractivity contribution in [2.45, 2.75) is 39.0 Å². The van der Waals surface area contributed by atoms with Gasteiger partial charge in [-0.3, -0.25) is 4.79 Å². The zero-order chi connectivity index (χ0) is 9.52. The van der Waals surface area contributed by atoms with Crippen LogP contribution in [0.3, 0.4) is 0 Å². The predicted molar refractivity (Wildman–Crippen MR) is 57.2 cm³/mol. The quantitative estimate of drug-likeness (QED) is 0.637. The first-order valence-electron chi connectivity index (χ1n) is 4.87. The van der Waals surface area contributed by atoms with E-state index >= 15 is 0 Å². The Morgan fingerprint density at radius 3 is 2.92 bits per heavy atom. The van der Waals surface area contributed by atoms with E-state index in [4.69, 9.17) is 0 Å². The van der Waals surface area contributed by atoms with E-state index in [2.05, 4.69) is 17.5 Å². The average Bonchev–Trinajstić information content (AvgIpc) is 2.64. The number of ketones is 1. The molecule has 2 heteroatoms. The summed E-state index contributed by atoms with van der Waals surface area (Å²) < 4.78 is 0. The molecule has 1 rings (SSSR count). The number of carbonyl (C=O) groups excluding carboxylic acids is 1. The largest absolute Gasteiger partial charge is 0.300 e. The van der Waals surface area contributed by atoms with Gasteiger partial charge in [0.15, 0.2) is 0 Å². The molecule has 1 nitrogen and oxygen atoms in total. The molecular formula is C11H16OS. The van der Waals surface area contributed by atoms with Gasteiger partial charge in [-0.1, -0.05) is 13.0 Å². The fourth-order valence-electron chi connectivity index (χ4n) is 1.25. The summed E-state index contributed by atoms with van der Waals surface area (Å²) >= 11 is 1.80. The van der Waals surface area contributed by atoms with Gasteiger partial charge in [-0.2, -0.15) is 0 Å². The molecule has 0 aliphatic rings. The van der Waals surface area contributed by atoms with Gasteiger partial charge in [0, 0.05) is 17.7 Å². The van der Waals surface area contributed by atoms with E-state index in [1.807, 2.05) is 6.92 Å². The molecular weight excluding hydrogens is 180 g/mol. The van der Waals surface area contributed by atoms with Crippen molar-refractivity contribution in [1.29, 1.82) is 0 Å². The highest BCUT2D eigenvalue weighted by Crippen LogP contribution is 2.12. The molecule has 0 N–H and O–H groups in total. The van der Waals surface area contributed by atoms with E-state index in [9.17, 15) is 4.79 Å². The van der Waals surface area contributed by atoms with Crippen LogP contribution in [-0.2, 0) is 11.2 Å². The number of unbranched alkanes of at least 4 members (excludes halogenated alkanes) is 1. The lowest BCUT2D eigenvalue weighted by Gasteiger charge is -1.97. The fraction of sp³-hybridized carbons (Fsp3) is 0.545. The second-order valence-corrected chi connectivity index (χ2v) is 4.21. The van der Waals surface area contributed by atoms with Crippen molar-refractivity contribution in [2.75, 3.05) is 0 Å². The lowest BCUT2D eigenvalue weighted by atomic mass is 10.1. The van der Waals surface area contributed by atoms with Crippen LogP contribution >= 0.6 is 11.3 Å². The highest BCUT2D eigenvalue weighted by molar-refractivity contribution is 7.09. The number of carbonyl (C=O) groups is 1. The zero-order valence-electron chi connectivity index (χ0n) is 8.08. The van der Waals surface area contributed by atoms with Gasteiger partial charge in [0.25, 0.3) is 0 Å². The standard InChI is InChI=1S/C11H16OS/c1-2-10(12)6-3-4-7-11-8-5-9-13-11/h5,8-9H,2-4,6-7H2,1H3. The molecule has 0 amide bonds. The molecule has 0 radical (unpaired) electrons. The molecule has 0 atom stereocenters. The van der Waals surface area contributed by atoms with E-state index in [1.165, 1.54) is 4.88 Å². The Labute approximate surface area is 83.8 Å². The Morgan fingerprint density at radius 2 is 2.31 bits per heavy atom. The Hall–Kier alpha value is -0.630. The minimum Gasteiger partial charge on any atom is -0.300 e. The van der Waals surface area contributed by atoms with Crippen molar-refractivity contribution in [2.24, 2.45) is 0 Å². The van der Waals surface area contributed by atoms with Crippen LogP contribution in [0, 0.1) is 0 Å². The van der Waals surface area contributed by atoms with E-state index in [-0.39, 0.29) is 0 Å². The maximum atomic E-state index is 11.0. The van der Waals surface area contributed by atoms with Crippen LogP contribution in [-0.4, -0.2) is 5.78 Å². The topological polar surface area (TPSA) is 17.1 Å². The Kier molecular flexibility index (Phi) is 4.76. The van der Waals surface area contributed by atoms with E-state index < -0.39 is 0 Å².